The van der Waals surface area contributed by atoms with Crippen LogP contribution in [0.3, 0.4) is 0 Å². The molecule has 0 N–H and O–H groups in total. The maximum absolute atomic E-state index is 12.7. The van der Waals surface area contributed by atoms with Gasteiger partial charge in [-0.15, -0.1) is 0 Å². The first-order valence-corrected chi connectivity index (χ1v) is 12.8. The van der Waals surface area contributed by atoms with E-state index in [0.29, 0.717) is 18.1 Å². The number of pyridine rings is 1. The number of carbonyl (C=O) groups is 1. The molecule has 0 bridgehead atoms. The van der Waals surface area contributed by atoms with Crippen molar-refractivity contribution in [3.05, 3.63) is 87.7 Å². The number of aromatic nitrogens is 1. The van der Waals surface area contributed by atoms with E-state index in [2.05, 4.69) is 48.3 Å². The predicted molar refractivity (Wildman–Crippen MR) is 141 cm³/mol. The van der Waals surface area contributed by atoms with Gasteiger partial charge in [-0.05, 0) is 96.9 Å². The highest BCUT2D eigenvalue weighted by molar-refractivity contribution is 6.31. The summed E-state index contributed by atoms with van der Waals surface area (Å²) in [5.74, 6) is 0. The van der Waals surface area contributed by atoms with Crippen LogP contribution in [0.25, 0.3) is 11.1 Å². The van der Waals surface area contributed by atoms with E-state index in [1.54, 1.807) is 6.20 Å². The molecule has 5 rings (SSSR count). The standard InChI is InChI=1S/C30H33ClN2O2/c1-29(2,3)35-28(34)33-15-12-30(4,13-16-33)27-22(17-21-11-14-32-19-26(21)31)9-10-24-23-8-6-5-7-20(23)18-25(24)27/h5-11,14,19H,12-13,15-18H2,1-4H3. The summed E-state index contributed by atoms with van der Waals surface area (Å²) in [4.78, 5) is 18.8. The minimum absolute atomic E-state index is 0.0409. The monoisotopic (exact) mass is 488 g/mol. The molecule has 5 heteroatoms. The van der Waals surface area contributed by atoms with Gasteiger partial charge in [0.05, 0.1) is 5.02 Å². The van der Waals surface area contributed by atoms with Gasteiger partial charge in [-0.1, -0.05) is 54.9 Å². The minimum atomic E-state index is -0.485. The van der Waals surface area contributed by atoms with E-state index >= 15 is 0 Å². The van der Waals surface area contributed by atoms with Gasteiger partial charge in [-0.2, -0.15) is 0 Å². The molecule has 35 heavy (non-hydrogen) atoms. The van der Waals surface area contributed by atoms with Crippen molar-refractivity contribution in [3.63, 3.8) is 0 Å². The second kappa shape index (κ2) is 8.98. The number of carbonyl (C=O) groups excluding carboxylic acids is 1. The number of hydrogen-bond donors (Lipinski definition) is 0. The topological polar surface area (TPSA) is 42.4 Å². The summed E-state index contributed by atoms with van der Waals surface area (Å²) in [5, 5.41) is 0.701. The van der Waals surface area contributed by atoms with Gasteiger partial charge in [0.25, 0.3) is 0 Å². The SMILES string of the molecule is CC(C)(C)OC(=O)N1CCC(C)(c2c(Cc3ccncc3Cl)ccc3c2Cc2ccccc2-3)CC1. The van der Waals surface area contributed by atoms with Crippen LogP contribution < -0.4 is 0 Å². The predicted octanol–water partition coefficient (Wildman–Crippen LogP) is 7.19. The summed E-state index contributed by atoms with van der Waals surface area (Å²) in [6, 6.07) is 15.3. The fourth-order valence-corrected chi connectivity index (χ4v) is 5.86. The quantitative estimate of drug-likeness (QED) is 0.306. The molecule has 1 saturated heterocycles. The third-order valence-electron chi connectivity index (χ3n) is 7.43. The molecule has 2 aliphatic rings. The summed E-state index contributed by atoms with van der Waals surface area (Å²) in [5.41, 5.74) is 8.82. The number of ether oxygens (including phenoxy) is 1. The van der Waals surface area contributed by atoms with Gasteiger partial charge in [-0.25, -0.2) is 4.79 Å². The normalized spacial score (nSPS) is 16.5. The maximum atomic E-state index is 12.7. The van der Waals surface area contributed by atoms with Crippen LogP contribution in [-0.4, -0.2) is 34.7 Å². The number of fused-ring (bicyclic) bond motifs is 3. The number of benzene rings is 2. The molecule has 1 aliphatic heterocycles. The Bertz CT molecular complexity index is 1270. The summed E-state index contributed by atoms with van der Waals surface area (Å²) in [6.07, 6.45) is 6.84. The zero-order valence-electron chi connectivity index (χ0n) is 21.0. The first kappa shape index (κ1) is 23.9. The van der Waals surface area contributed by atoms with E-state index in [1.807, 2.05) is 37.9 Å². The number of amides is 1. The first-order valence-electron chi connectivity index (χ1n) is 12.4. The Kier molecular flexibility index (Phi) is 6.13. The van der Waals surface area contributed by atoms with Gasteiger partial charge in [0.1, 0.15) is 5.60 Å². The summed E-state index contributed by atoms with van der Waals surface area (Å²) in [6.45, 7) is 9.51. The summed E-state index contributed by atoms with van der Waals surface area (Å²) >= 11 is 6.52. The zero-order valence-corrected chi connectivity index (χ0v) is 21.8. The van der Waals surface area contributed by atoms with Crippen molar-refractivity contribution in [1.82, 2.24) is 9.88 Å². The molecule has 0 saturated carbocycles. The van der Waals surface area contributed by atoms with E-state index in [0.717, 1.165) is 31.2 Å². The van der Waals surface area contributed by atoms with Crippen LogP contribution in [0.5, 0.6) is 0 Å². The van der Waals surface area contributed by atoms with Gasteiger partial charge in [0, 0.05) is 25.5 Å². The lowest BCUT2D eigenvalue weighted by atomic mass is 9.69. The van der Waals surface area contributed by atoms with E-state index < -0.39 is 5.60 Å². The van der Waals surface area contributed by atoms with Gasteiger partial charge < -0.3 is 9.64 Å². The Morgan fingerprint density at radius 3 is 2.51 bits per heavy atom. The summed E-state index contributed by atoms with van der Waals surface area (Å²) in [7, 11) is 0. The highest BCUT2D eigenvalue weighted by atomic mass is 35.5. The van der Waals surface area contributed by atoms with Crippen LogP contribution in [-0.2, 0) is 23.0 Å². The summed E-state index contributed by atoms with van der Waals surface area (Å²) < 4.78 is 5.65. The van der Waals surface area contributed by atoms with Gasteiger partial charge in [0.15, 0.2) is 0 Å². The number of piperidine rings is 1. The molecule has 0 atom stereocenters. The van der Waals surface area contributed by atoms with Crippen molar-refractivity contribution in [2.75, 3.05) is 13.1 Å². The number of nitrogens with zero attached hydrogens (tertiary/aromatic N) is 2. The Hall–Kier alpha value is -2.85. The minimum Gasteiger partial charge on any atom is -0.444 e. The number of hydrogen-bond acceptors (Lipinski definition) is 3. The largest absolute Gasteiger partial charge is 0.444 e. The lowest BCUT2D eigenvalue weighted by Crippen LogP contribution is -2.46. The van der Waals surface area contributed by atoms with Crippen LogP contribution in [0.1, 0.15) is 68.4 Å². The highest BCUT2D eigenvalue weighted by Crippen LogP contribution is 2.47. The fraction of sp³-hybridized carbons (Fsp3) is 0.400. The third kappa shape index (κ3) is 4.69. The number of likely N-dealkylation sites (tertiary alicyclic amines) is 1. The van der Waals surface area contributed by atoms with Gasteiger partial charge >= 0.3 is 6.09 Å². The molecule has 182 valence electrons. The fourth-order valence-electron chi connectivity index (χ4n) is 5.67. The van der Waals surface area contributed by atoms with E-state index in [-0.39, 0.29) is 11.5 Å². The average molecular weight is 489 g/mol. The molecule has 1 amide bonds. The molecule has 1 aromatic heterocycles. The Morgan fingerprint density at radius 1 is 1.06 bits per heavy atom. The van der Waals surface area contributed by atoms with Crippen molar-refractivity contribution in [1.29, 1.82) is 0 Å². The highest BCUT2D eigenvalue weighted by Gasteiger charge is 2.39. The smallest absolute Gasteiger partial charge is 0.410 e. The molecular formula is C30H33ClN2O2. The van der Waals surface area contributed by atoms with E-state index in [4.69, 9.17) is 16.3 Å². The molecule has 0 unspecified atom stereocenters. The Labute approximate surface area is 213 Å². The Balaban J connectivity index is 1.52. The molecule has 1 aliphatic carbocycles. The molecule has 4 nitrogen and oxygen atoms in total. The van der Waals surface area contributed by atoms with Crippen molar-refractivity contribution >= 4 is 17.7 Å². The van der Waals surface area contributed by atoms with Crippen LogP contribution in [0, 0.1) is 0 Å². The Morgan fingerprint density at radius 2 is 1.80 bits per heavy atom. The van der Waals surface area contributed by atoms with Gasteiger partial charge in [-0.3, -0.25) is 4.98 Å². The molecule has 3 aromatic rings. The van der Waals surface area contributed by atoms with Crippen LogP contribution >= 0.6 is 11.6 Å². The molecule has 0 radical (unpaired) electrons. The van der Waals surface area contributed by atoms with Crippen molar-refractivity contribution in [2.24, 2.45) is 0 Å². The molecule has 1 fully saturated rings. The number of halogens is 1. The lowest BCUT2D eigenvalue weighted by molar-refractivity contribution is 0.0171. The second-order valence-corrected chi connectivity index (χ2v) is 11.5. The second-order valence-electron chi connectivity index (χ2n) is 11.1. The average Bonchev–Trinajstić information content (AvgIpc) is 3.18. The van der Waals surface area contributed by atoms with E-state index in [1.165, 1.54) is 33.4 Å². The van der Waals surface area contributed by atoms with Crippen molar-refractivity contribution in [2.45, 2.75) is 64.4 Å². The number of rotatable bonds is 3. The zero-order chi connectivity index (χ0) is 24.8. The molecule has 0 spiro atoms. The third-order valence-corrected chi connectivity index (χ3v) is 7.77. The van der Waals surface area contributed by atoms with Crippen LogP contribution in [0.15, 0.2) is 54.9 Å². The molecule has 2 aromatic carbocycles. The van der Waals surface area contributed by atoms with E-state index in [9.17, 15) is 4.79 Å². The van der Waals surface area contributed by atoms with Crippen LogP contribution in [0.2, 0.25) is 5.02 Å². The lowest BCUT2D eigenvalue weighted by Gasteiger charge is -2.42. The van der Waals surface area contributed by atoms with Gasteiger partial charge in [0.2, 0.25) is 0 Å². The molecular weight excluding hydrogens is 456 g/mol. The maximum Gasteiger partial charge on any atom is 0.410 e. The van der Waals surface area contributed by atoms with Crippen molar-refractivity contribution in [3.8, 4) is 11.1 Å². The van der Waals surface area contributed by atoms with Crippen LogP contribution in [0.4, 0.5) is 4.79 Å². The molecule has 2 heterocycles. The first-order chi connectivity index (χ1) is 16.6. The van der Waals surface area contributed by atoms with Crippen molar-refractivity contribution < 1.29 is 9.53 Å².